The van der Waals surface area contributed by atoms with E-state index in [9.17, 15) is 0 Å². The van der Waals surface area contributed by atoms with Crippen molar-refractivity contribution in [1.29, 1.82) is 5.26 Å². The standard InChI is InChI=1S/C13H19N5/c1-18(11-5-2-3-6-11)13-9-12(16-10-17-13)15-8-4-7-14/h9-11H,2-6,8H2,1H3,(H,15,16,17). The van der Waals surface area contributed by atoms with Crippen LogP contribution in [0, 0.1) is 11.3 Å². The SMILES string of the molecule is CN(c1cc(NCCC#N)ncn1)C1CCCC1. The van der Waals surface area contributed by atoms with E-state index < -0.39 is 0 Å². The molecule has 1 aromatic rings. The number of aromatic nitrogens is 2. The zero-order valence-electron chi connectivity index (χ0n) is 10.8. The molecule has 1 saturated carbocycles. The summed E-state index contributed by atoms with van der Waals surface area (Å²) in [6.07, 6.45) is 7.18. The van der Waals surface area contributed by atoms with Crippen LogP contribution < -0.4 is 10.2 Å². The molecule has 0 aliphatic heterocycles. The lowest BCUT2D eigenvalue weighted by molar-refractivity contribution is 0.646. The van der Waals surface area contributed by atoms with Gasteiger partial charge in [-0.05, 0) is 12.8 Å². The van der Waals surface area contributed by atoms with Crippen LogP contribution in [0.1, 0.15) is 32.1 Å². The third kappa shape index (κ3) is 3.10. The zero-order valence-corrected chi connectivity index (χ0v) is 10.8. The Kier molecular flexibility index (Phi) is 4.35. The van der Waals surface area contributed by atoms with Crippen molar-refractivity contribution in [3.05, 3.63) is 12.4 Å². The second-order valence-corrected chi connectivity index (χ2v) is 4.65. The summed E-state index contributed by atoms with van der Waals surface area (Å²) in [4.78, 5) is 10.7. The average molecular weight is 245 g/mol. The van der Waals surface area contributed by atoms with Gasteiger partial charge in [-0.2, -0.15) is 5.26 Å². The van der Waals surface area contributed by atoms with Crippen LogP contribution in [0.3, 0.4) is 0 Å². The van der Waals surface area contributed by atoms with Gasteiger partial charge in [-0.15, -0.1) is 0 Å². The van der Waals surface area contributed by atoms with Gasteiger partial charge in [-0.1, -0.05) is 12.8 Å². The number of nitrogens with one attached hydrogen (secondary N) is 1. The number of nitriles is 1. The van der Waals surface area contributed by atoms with E-state index in [1.165, 1.54) is 25.7 Å². The minimum absolute atomic E-state index is 0.484. The first-order valence-corrected chi connectivity index (χ1v) is 6.47. The Bertz CT molecular complexity index is 420. The lowest BCUT2D eigenvalue weighted by atomic mass is 10.2. The van der Waals surface area contributed by atoms with Crippen LogP contribution in [-0.2, 0) is 0 Å². The van der Waals surface area contributed by atoms with E-state index in [4.69, 9.17) is 5.26 Å². The molecule has 0 amide bonds. The van der Waals surface area contributed by atoms with E-state index in [1.807, 2.05) is 6.07 Å². The molecule has 0 spiro atoms. The summed E-state index contributed by atoms with van der Waals surface area (Å²) in [5.41, 5.74) is 0. The number of nitrogens with zero attached hydrogens (tertiary/aromatic N) is 4. The van der Waals surface area contributed by atoms with Crippen LogP contribution >= 0.6 is 0 Å². The second-order valence-electron chi connectivity index (χ2n) is 4.65. The molecule has 0 atom stereocenters. The zero-order chi connectivity index (χ0) is 12.8. The Morgan fingerprint density at radius 1 is 1.44 bits per heavy atom. The van der Waals surface area contributed by atoms with Crippen molar-refractivity contribution >= 4 is 11.6 Å². The van der Waals surface area contributed by atoms with Gasteiger partial charge in [0.1, 0.15) is 18.0 Å². The highest BCUT2D eigenvalue weighted by Gasteiger charge is 2.20. The molecule has 1 aromatic heterocycles. The number of hydrogen-bond donors (Lipinski definition) is 1. The van der Waals surface area contributed by atoms with Crippen molar-refractivity contribution in [1.82, 2.24) is 9.97 Å². The molecule has 1 N–H and O–H groups in total. The maximum Gasteiger partial charge on any atom is 0.134 e. The van der Waals surface area contributed by atoms with E-state index in [1.54, 1.807) is 6.33 Å². The van der Waals surface area contributed by atoms with Crippen LogP contribution in [0.25, 0.3) is 0 Å². The lowest BCUT2D eigenvalue weighted by Crippen LogP contribution is -2.29. The average Bonchev–Trinajstić information content (AvgIpc) is 2.92. The highest BCUT2D eigenvalue weighted by molar-refractivity contribution is 5.48. The Labute approximate surface area is 108 Å². The molecule has 1 aliphatic carbocycles. The predicted molar refractivity (Wildman–Crippen MR) is 71.4 cm³/mol. The van der Waals surface area contributed by atoms with Crippen LogP contribution in [0.4, 0.5) is 11.6 Å². The first-order chi connectivity index (χ1) is 8.81. The maximum atomic E-state index is 8.50. The molecule has 18 heavy (non-hydrogen) atoms. The topological polar surface area (TPSA) is 64.8 Å². The summed E-state index contributed by atoms with van der Waals surface area (Å²) in [6, 6.07) is 4.66. The van der Waals surface area contributed by atoms with Gasteiger partial charge in [0.2, 0.25) is 0 Å². The molecule has 0 unspecified atom stereocenters. The molecule has 1 heterocycles. The van der Waals surface area contributed by atoms with Crippen molar-refractivity contribution in [2.24, 2.45) is 0 Å². The molecule has 1 fully saturated rings. The van der Waals surface area contributed by atoms with Gasteiger partial charge in [0.15, 0.2) is 0 Å². The summed E-state index contributed by atoms with van der Waals surface area (Å²) < 4.78 is 0. The molecule has 0 saturated heterocycles. The molecule has 1 aliphatic rings. The van der Waals surface area contributed by atoms with Crippen LogP contribution in [0.2, 0.25) is 0 Å². The van der Waals surface area contributed by atoms with E-state index in [0.717, 1.165) is 11.6 Å². The Morgan fingerprint density at radius 2 is 2.22 bits per heavy atom. The molecule has 0 bridgehead atoms. The fourth-order valence-electron chi connectivity index (χ4n) is 2.36. The first-order valence-electron chi connectivity index (χ1n) is 6.47. The normalized spacial score (nSPS) is 15.3. The maximum absolute atomic E-state index is 8.50. The number of anilines is 2. The van der Waals surface area contributed by atoms with Gasteiger partial charge in [0.05, 0.1) is 12.5 Å². The van der Waals surface area contributed by atoms with Crippen molar-refractivity contribution in [3.8, 4) is 6.07 Å². The quantitative estimate of drug-likeness (QED) is 0.805. The number of hydrogen-bond acceptors (Lipinski definition) is 5. The van der Waals surface area contributed by atoms with Crippen LogP contribution in [0.15, 0.2) is 12.4 Å². The van der Waals surface area contributed by atoms with Crippen molar-refractivity contribution in [3.63, 3.8) is 0 Å². The van der Waals surface area contributed by atoms with Crippen molar-refractivity contribution < 1.29 is 0 Å². The third-order valence-corrected chi connectivity index (χ3v) is 3.43. The minimum atomic E-state index is 0.484. The molecule has 5 heteroatoms. The fraction of sp³-hybridized carbons (Fsp3) is 0.615. The monoisotopic (exact) mass is 245 g/mol. The molecular weight excluding hydrogens is 226 g/mol. The van der Waals surface area contributed by atoms with Gasteiger partial charge >= 0.3 is 0 Å². The molecule has 2 rings (SSSR count). The minimum Gasteiger partial charge on any atom is -0.369 e. The Morgan fingerprint density at radius 3 is 2.94 bits per heavy atom. The number of rotatable bonds is 5. The summed E-state index contributed by atoms with van der Waals surface area (Å²) >= 11 is 0. The van der Waals surface area contributed by atoms with E-state index in [-0.39, 0.29) is 0 Å². The molecule has 5 nitrogen and oxygen atoms in total. The highest BCUT2D eigenvalue weighted by atomic mass is 15.2. The summed E-state index contributed by atoms with van der Waals surface area (Å²) in [5.74, 6) is 1.75. The van der Waals surface area contributed by atoms with Gasteiger partial charge in [0, 0.05) is 25.7 Å². The van der Waals surface area contributed by atoms with Crippen LogP contribution in [-0.4, -0.2) is 29.6 Å². The van der Waals surface area contributed by atoms with E-state index >= 15 is 0 Å². The molecule has 0 aromatic carbocycles. The Balaban J connectivity index is 1.99. The molecule has 96 valence electrons. The third-order valence-electron chi connectivity index (χ3n) is 3.43. The van der Waals surface area contributed by atoms with E-state index in [0.29, 0.717) is 19.0 Å². The lowest BCUT2D eigenvalue weighted by Gasteiger charge is -2.25. The summed E-state index contributed by atoms with van der Waals surface area (Å²) in [7, 11) is 2.09. The Hall–Kier alpha value is -1.83. The largest absolute Gasteiger partial charge is 0.369 e. The molecular formula is C13H19N5. The second kappa shape index (κ2) is 6.20. The van der Waals surface area contributed by atoms with Crippen LogP contribution in [0.5, 0.6) is 0 Å². The first kappa shape index (κ1) is 12.6. The fourth-order valence-corrected chi connectivity index (χ4v) is 2.36. The van der Waals surface area contributed by atoms with Crippen molar-refractivity contribution in [2.45, 2.75) is 38.1 Å². The van der Waals surface area contributed by atoms with Gasteiger partial charge in [-0.3, -0.25) is 0 Å². The smallest absolute Gasteiger partial charge is 0.134 e. The van der Waals surface area contributed by atoms with Gasteiger partial charge < -0.3 is 10.2 Å². The summed E-state index contributed by atoms with van der Waals surface area (Å²) in [6.45, 7) is 0.625. The van der Waals surface area contributed by atoms with Crippen molar-refractivity contribution in [2.75, 3.05) is 23.8 Å². The van der Waals surface area contributed by atoms with Gasteiger partial charge in [-0.25, -0.2) is 9.97 Å². The highest BCUT2D eigenvalue weighted by Crippen LogP contribution is 2.26. The van der Waals surface area contributed by atoms with Gasteiger partial charge in [0.25, 0.3) is 0 Å². The summed E-state index contributed by atoms with van der Waals surface area (Å²) in [5, 5.41) is 11.6. The predicted octanol–water partition coefficient (Wildman–Crippen LogP) is 2.18. The van der Waals surface area contributed by atoms with E-state index in [2.05, 4.69) is 33.3 Å². The molecule has 0 radical (unpaired) electrons.